The highest BCUT2D eigenvalue weighted by molar-refractivity contribution is 7.99. The smallest absolute Gasteiger partial charge is 0.306 e. The summed E-state index contributed by atoms with van der Waals surface area (Å²) in [5.74, 6) is 1.19. The molecule has 1 rings (SSSR count). The van der Waals surface area contributed by atoms with Gasteiger partial charge in [0.2, 0.25) is 0 Å². The third-order valence-electron chi connectivity index (χ3n) is 2.09. The van der Waals surface area contributed by atoms with E-state index in [0.717, 1.165) is 17.9 Å². The Morgan fingerprint density at radius 3 is 2.91 bits per heavy atom. The maximum absolute atomic E-state index is 10.7. The van der Waals surface area contributed by atoms with Gasteiger partial charge in [-0.2, -0.15) is 11.8 Å². The Balaban J connectivity index is 2.51. The van der Waals surface area contributed by atoms with Gasteiger partial charge >= 0.3 is 5.97 Å². The first-order valence-corrected chi connectivity index (χ1v) is 4.91. The van der Waals surface area contributed by atoms with E-state index in [9.17, 15) is 4.79 Å². The van der Waals surface area contributed by atoms with E-state index < -0.39 is 5.97 Å². The SMILES string of the molecule is NC[C@@H]1CSCC[C@H]1C(=O)O. The minimum Gasteiger partial charge on any atom is -0.481 e. The van der Waals surface area contributed by atoms with Crippen molar-refractivity contribution in [1.29, 1.82) is 0 Å². The highest BCUT2D eigenvalue weighted by atomic mass is 32.2. The molecule has 11 heavy (non-hydrogen) atoms. The van der Waals surface area contributed by atoms with Gasteiger partial charge in [0.1, 0.15) is 0 Å². The number of nitrogens with two attached hydrogens (primary N) is 1. The van der Waals surface area contributed by atoms with Crippen LogP contribution in [0.15, 0.2) is 0 Å². The van der Waals surface area contributed by atoms with E-state index in [4.69, 9.17) is 10.8 Å². The minimum absolute atomic E-state index is 0.186. The van der Waals surface area contributed by atoms with Crippen LogP contribution in [0.1, 0.15) is 6.42 Å². The van der Waals surface area contributed by atoms with E-state index in [1.54, 1.807) is 11.8 Å². The molecule has 0 bridgehead atoms. The van der Waals surface area contributed by atoms with Crippen LogP contribution in [0, 0.1) is 11.8 Å². The summed E-state index contributed by atoms with van der Waals surface area (Å²) in [4.78, 5) is 10.7. The molecule has 1 aliphatic heterocycles. The molecule has 1 saturated heterocycles. The first kappa shape index (κ1) is 8.87. The molecule has 0 aliphatic carbocycles. The number of carbonyl (C=O) groups is 1. The van der Waals surface area contributed by atoms with Crippen LogP contribution >= 0.6 is 11.8 Å². The fraction of sp³-hybridized carbons (Fsp3) is 0.857. The maximum atomic E-state index is 10.7. The van der Waals surface area contributed by atoms with E-state index in [0.29, 0.717) is 6.54 Å². The van der Waals surface area contributed by atoms with E-state index >= 15 is 0 Å². The number of hydrogen-bond acceptors (Lipinski definition) is 3. The van der Waals surface area contributed by atoms with Gasteiger partial charge in [0.25, 0.3) is 0 Å². The van der Waals surface area contributed by atoms with Crippen molar-refractivity contribution in [2.45, 2.75) is 6.42 Å². The van der Waals surface area contributed by atoms with Crippen LogP contribution in [0.4, 0.5) is 0 Å². The van der Waals surface area contributed by atoms with Gasteiger partial charge in [-0.3, -0.25) is 4.79 Å². The zero-order valence-corrected chi connectivity index (χ0v) is 7.14. The van der Waals surface area contributed by atoms with E-state index in [1.165, 1.54) is 0 Å². The second-order valence-corrected chi connectivity index (χ2v) is 3.95. The van der Waals surface area contributed by atoms with Crippen LogP contribution in [-0.4, -0.2) is 29.1 Å². The van der Waals surface area contributed by atoms with Crippen molar-refractivity contribution in [1.82, 2.24) is 0 Å². The zero-order chi connectivity index (χ0) is 8.27. The predicted molar refractivity (Wildman–Crippen MR) is 45.6 cm³/mol. The molecule has 0 aromatic carbocycles. The van der Waals surface area contributed by atoms with Crippen molar-refractivity contribution in [2.24, 2.45) is 17.6 Å². The van der Waals surface area contributed by atoms with Gasteiger partial charge in [-0.15, -0.1) is 0 Å². The van der Waals surface area contributed by atoms with E-state index in [1.807, 2.05) is 0 Å². The number of aliphatic carboxylic acids is 1. The van der Waals surface area contributed by atoms with E-state index in [-0.39, 0.29) is 11.8 Å². The predicted octanol–water partition coefficient (Wildman–Crippen LogP) is 0.399. The molecule has 3 N–H and O–H groups in total. The Kier molecular flexibility index (Phi) is 3.20. The molecule has 0 aromatic rings. The summed E-state index contributed by atoms with van der Waals surface area (Å²) >= 11 is 1.81. The van der Waals surface area contributed by atoms with Crippen molar-refractivity contribution in [3.05, 3.63) is 0 Å². The number of rotatable bonds is 2. The molecular formula is C7H13NO2S. The second-order valence-electron chi connectivity index (χ2n) is 2.80. The largest absolute Gasteiger partial charge is 0.481 e. The Bertz CT molecular complexity index is 151. The minimum atomic E-state index is -0.680. The maximum Gasteiger partial charge on any atom is 0.306 e. The highest BCUT2D eigenvalue weighted by Crippen LogP contribution is 2.27. The lowest BCUT2D eigenvalue weighted by atomic mass is 9.91. The van der Waals surface area contributed by atoms with Crippen molar-refractivity contribution < 1.29 is 9.90 Å². The number of carboxylic acids is 1. The number of hydrogen-bond donors (Lipinski definition) is 2. The van der Waals surface area contributed by atoms with Gasteiger partial charge in [-0.25, -0.2) is 0 Å². The third-order valence-corrected chi connectivity index (χ3v) is 3.28. The summed E-state index contributed by atoms with van der Waals surface area (Å²) in [6.07, 6.45) is 0.780. The van der Waals surface area contributed by atoms with Gasteiger partial charge in [0, 0.05) is 0 Å². The molecule has 0 saturated carbocycles. The molecular weight excluding hydrogens is 162 g/mol. The second kappa shape index (κ2) is 3.97. The Morgan fingerprint density at radius 1 is 1.73 bits per heavy atom. The molecule has 2 atom stereocenters. The van der Waals surface area contributed by atoms with Crippen molar-refractivity contribution >= 4 is 17.7 Å². The van der Waals surface area contributed by atoms with Gasteiger partial charge in [-0.1, -0.05) is 0 Å². The molecule has 64 valence electrons. The summed E-state index contributed by atoms with van der Waals surface area (Å²) in [6.45, 7) is 0.504. The van der Waals surface area contributed by atoms with Crippen LogP contribution in [0.3, 0.4) is 0 Å². The fourth-order valence-corrected chi connectivity index (χ4v) is 2.61. The first-order valence-electron chi connectivity index (χ1n) is 3.76. The third kappa shape index (κ3) is 2.10. The molecule has 1 heterocycles. The zero-order valence-electron chi connectivity index (χ0n) is 6.32. The van der Waals surface area contributed by atoms with Gasteiger partial charge < -0.3 is 10.8 Å². The lowest BCUT2D eigenvalue weighted by Crippen LogP contribution is -2.34. The molecule has 0 spiro atoms. The molecule has 1 fully saturated rings. The molecule has 0 unspecified atom stereocenters. The average molecular weight is 175 g/mol. The molecule has 4 heteroatoms. The Labute approximate surface area is 70.3 Å². The standard InChI is InChI=1S/C7H13NO2S/c8-3-5-4-11-2-1-6(5)7(9)10/h5-6H,1-4,8H2,(H,9,10)/t5-,6-/m1/s1. The molecule has 0 radical (unpaired) electrons. The highest BCUT2D eigenvalue weighted by Gasteiger charge is 2.29. The Morgan fingerprint density at radius 2 is 2.45 bits per heavy atom. The van der Waals surface area contributed by atoms with Crippen LogP contribution in [0.2, 0.25) is 0 Å². The van der Waals surface area contributed by atoms with Crippen molar-refractivity contribution in [3.8, 4) is 0 Å². The summed E-state index contributed by atoms with van der Waals surface area (Å²) in [6, 6.07) is 0. The number of carboxylic acid groups (broad SMARTS) is 1. The molecule has 1 aliphatic rings. The van der Waals surface area contributed by atoms with Crippen LogP contribution in [-0.2, 0) is 4.79 Å². The lowest BCUT2D eigenvalue weighted by molar-refractivity contribution is -0.143. The molecule has 0 aromatic heterocycles. The lowest BCUT2D eigenvalue weighted by Gasteiger charge is -2.26. The average Bonchev–Trinajstić information content (AvgIpc) is 2.04. The van der Waals surface area contributed by atoms with E-state index in [2.05, 4.69) is 0 Å². The molecule has 0 amide bonds. The monoisotopic (exact) mass is 175 g/mol. The van der Waals surface area contributed by atoms with Crippen molar-refractivity contribution in [2.75, 3.05) is 18.1 Å². The van der Waals surface area contributed by atoms with Gasteiger partial charge in [0.05, 0.1) is 5.92 Å². The number of thioether (sulfide) groups is 1. The van der Waals surface area contributed by atoms with Crippen LogP contribution < -0.4 is 5.73 Å². The first-order chi connectivity index (χ1) is 5.25. The van der Waals surface area contributed by atoms with Crippen LogP contribution in [0.25, 0.3) is 0 Å². The summed E-state index contributed by atoms with van der Waals surface area (Å²) in [5.41, 5.74) is 5.45. The molecule has 3 nitrogen and oxygen atoms in total. The van der Waals surface area contributed by atoms with Crippen LogP contribution in [0.5, 0.6) is 0 Å². The van der Waals surface area contributed by atoms with Gasteiger partial charge in [-0.05, 0) is 30.4 Å². The van der Waals surface area contributed by atoms with Gasteiger partial charge in [0.15, 0.2) is 0 Å². The quantitative estimate of drug-likeness (QED) is 0.637. The normalized spacial score (nSPS) is 31.7. The summed E-state index contributed by atoms with van der Waals surface area (Å²) < 4.78 is 0. The fourth-order valence-electron chi connectivity index (χ4n) is 1.35. The topological polar surface area (TPSA) is 63.3 Å². The summed E-state index contributed by atoms with van der Waals surface area (Å²) in [7, 11) is 0. The van der Waals surface area contributed by atoms with Crippen molar-refractivity contribution in [3.63, 3.8) is 0 Å². The summed E-state index contributed by atoms with van der Waals surface area (Å²) in [5, 5.41) is 8.77. The Hall–Kier alpha value is -0.220.